The lowest BCUT2D eigenvalue weighted by atomic mass is 10.2. The molecule has 0 aromatic carbocycles. The molecular formula is C9H10ClIN2O5. The molecule has 9 heteroatoms. The van der Waals surface area contributed by atoms with Crippen molar-refractivity contribution in [2.45, 2.75) is 27.9 Å². The molecule has 1 aromatic rings. The van der Waals surface area contributed by atoms with Crippen molar-refractivity contribution >= 4 is 34.2 Å². The summed E-state index contributed by atoms with van der Waals surface area (Å²) in [6, 6.07) is 1.17. The molecule has 1 fully saturated rings. The van der Waals surface area contributed by atoms with Gasteiger partial charge >= 0.3 is 5.69 Å². The van der Waals surface area contributed by atoms with Gasteiger partial charge in [0.15, 0.2) is 11.8 Å². The Morgan fingerprint density at radius 2 is 2.22 bits per heavy atom. The van der Waals surface area contributed by atoms with Gasteiger partial charge in [0.2, 0.25) is 0 Å². The van der Waals surface area contributed by atoms with Gasteiger partial charge in [-0.3, -0.25) is 14.3 Å². The van der Waals surface area contributed by atoms with Crippen LogP contribution >= 0.6 is 34.2 Å². The number of aromatic nitrogens is 2. The van der Waals surface area contributed by atoms with Crippen LogP contribution in [-0.4, -0.2) is 41.5 Å². The Labute approximate surface area is 119 Å². The molecule has 1 aliphatic rings. The third kappa shape index (κ3) is 2.48. The second kappa shape index (κ2) is 5.29. The van der Waals surface area contributed by atoms with Gasteiger partial charge < -0.3 is 14.9 Å². The van der Waals surface area contributed by atoms with Crippen molar-refractivity contribution in [3.8, 4) is 0 Å². The van der Waals surface area contributed by atoms with E-state index in [1.54, 1.807) is 0 Å². The van der Waals surface area contributed by atoms with Crippen molar-refractivity contribution in [1.29, 1.82) is 0 Å². The smallest absolute Gasteiger partial charge is 0.330 e. The molecule has 0 amide bonds. The van der Waals surface area contributed by atoms with E-state index in [2.05, 4.69) is 4.98 Å². The van der Waals surface area contributed by atoms with E-state index in [1.165, 1.54) is 12.3 Å². The van der Waals surface area contributed by atoms with Gasteiger partial charge in [-0.25, -0.2) is 4.79 Å². The molecule has 1 aromatic heterocycles. The maximum absolute atomic E-state index is 11.6. The first kappa shape index (κ1) is 14.0. The molecule has 1 unspecified atom stereocenters. The summed E-state index contributed by atoms with van der Waals surface area (Å²) < 4.78 is 6.01. The lowest BCUT2D eigenvalue weighted by Crippen LogP contribution is -2.35. The number of rotatable bonds is 2. The number of aliphatic hydroxyl groups excluding tert-OH is 2. The number of nitrogens with zero attached hydrogens (tertiary/aromatic N) is 1. The van der Waals surface area contributed by atoms with Crippen LogP contribution in [0.15, 0.2) is 21.9 Å². The standard InChI is InChI=1S/C9H10ClIN2O5/c10-7(16)6-5(15)4(11)8(18-6)13-2-1-3(14)12-9(13)17/h1-2,4-8,15-16H,(H,12,14,17)/t4-,5+,6+,7?,8-/m1/s1. The van der Waals surface area contributed by atoms with E-state index in [1.807, 2.05) is 22.6 Å². The fourth-order valence-electron chi connectivity index (χ4n) is 1.74. The first-order valence-electron chi connectivity index (χ1n) is 5.03. The Morgan fingerprint density at radius 1 is 1.56 bits per heavy atom. The maximum Gasteiger partial charge on any atom is 0.330 e. The maximum atomic E-state index is 11.6. The van der Waals surface area contributed by atoms with E-state index in [-0.39, 0.29) is 0 Å². The van der Waals surface area contributed by atoms with Crippen LogP contribution in [0.1, 0.15) is 6.23 Å². The van der Waals surface area contributed by atoms with Gasteiger partial charge in [0.05, 0.1) is 3.92 Å². The van der Waals surface area contributed by atoms with Crippen molar-refractivity contribution in [3.05, 3.63) is 33.1 Å². The number of aliphatic hydroxyl groups is 2. The Balaban J connectivity index is 2.35. The number of aromatic amines is 1. The lowest BCUT2D eigenvalue weighted by Gasteiger charge is -2.16. The normalized spacial score (nSPS) is 33.6. The van der Waals surface area contributed by atoms with Gasteiger partial charge in [-0.2, -0.15) is 0 Å². The molecule has 0 radical (unpaired) electrons. The van der Waals surface area contributed by atoms with Crippen LogP contribution < -0.4 is 11.2 Å². The van der Waals surface area contributed by atoms with Crippen LogP contribution in [0.3, 0.4) is 0 Å². The summed E-state index contributed by atoms with van der Waals surface area (Å²) in [5, 5.41) is 19.1. The minimum atomic E-state index is -1.37. The molecule has 0 aliphatic carbocycles. The Bertz CT molecular complexity index is 544. The van der Waals surface area contributed by atoms with Gasteiger partial charge in [-0.05, 0) is 0 Å². The highest BCUT2D eigenvalue weighted by Crippen LogP contribution is 2.35. The molecule has 1 aliphatic heterocycles. The number of hydrogen-bond acceptors (Lipinski definition) is 5. The molecule has 5 atom stereocenters. The Hall–Kier alpha value is -0.420. The lowest BCUT2D eigenvalue weighted by molar-refractivity contribution is -0.0583. The Morgan fingerprint density at radius 3 is 2.72 bits per heavy atom. The largest absolute Gasteiger partial charge is 0.389 e. The average molecular weight is 389 g/mol. The van der Waals surface area contributed by atoms with Crippen LogP contribution in [0.5, 0.6) is 0 Å². The van der Waals surface area contributed by atoms with E-state index >= 15 is 0 Å². The molecule has 18 heavy (non-hydrogen) atoms. The first-order chi connectivity index (χ1) is 8.41. The SMILES string of the molecule is O=c1ccn([C@@H]2O[C@H](C(O)Cl)[C@@H](O)[C@H]2I)c(=O)[nH]1. The number of alkyl halides is 2. The van der Waals surface area contributed by atoms with Crippen molar-refractivity contribution in [2.75, 3.05) is 0 Å². The molecule has 0 bridgehead atoms. The summed E-state index contributed by atoms with van der Waals surface area (Å²) in [4.78, 5) is 24.6. The minimum Gasteiger partial charge on any atom is -0.389 e. The summed E-state index contributed by atoms with van der Waals surface area (Å²) in [6.45, 7) is 0. The highest BCUT2D eigenvalue weighted by atomic mass is 127. The fourth-order valence-corrected chi connectivity index (χ4v) is 2.87. The predicted octanol–water partition coefficient (Wildman–Crippen LogP) is -0.844. The minimum absolute atomic E-state index is 0.482. The summed E-state index contributed by atoms with van der Waals surface area (Å²) in [7, 11) is 0. The van der Waals surface area contributed by atoms with Crippen LogP contribution in [0.4, 0.5) is 0 Å². The number of halogens is 2. The van der Waals surface area contributed by atoms with Crippen LogP contribution in [0.2, 0.25) is 0 Å². The fraction of sp³-hybridized carbons (Fsp3) is 0.556. The zero-order valence-corrected chi connectivity index (χ0v) is 11.8. The van der Waals surface area contributed by atoms with E-state index in [9.17, 15) is 19.8 Å². The third-order valence-electron chi connectivity index (χ3n) is 2.63. The summed E-state index contributed by atoms with van der Waals surface area (Å²) in [6.07, 6.45) is -1.53. The number of H-pyrrole nitrogens is 1. The van der Waals surface area contributed by atoms with Crippen molar-refractivity contribution in [2.24, 2.45) is 0 Å². The second-order valence-corrected chi connectivity index (χ2v) is 5.70. The monoisotopic (exact) mass is 388 g/mol. The molecule has 3 N–H and O–H groups in total. The third-order valence-corrected chi connectivity index (χ3v) is 4.23. The molecule has 7 nitrogen and oxygen atoms in total. The highest BCUT2D eigenvalue weighted by molar-refractivity contribution is 14.1. The molecule has 1 saturated heterocycles. The van der Waals surface area contributed by atoms with Gasteiger partial charge in [-0.15, -0.1) is 0 Å². The summed E-state index contributed by atoms with van der Waals surface area (Å²) >= 11 is 7.38. The molecule has 2 heterocycles. The number of hydrogen-bond donors (Lipinski definition) is 3. The van der Waals surface area contributed by atoms with Crippen molar-refractivity contribution in [3.63, 3.8) is 0 Å². The van der Waals surface area contributed by atoms with E-state index in [0.29, 0.717) is 0 Å². The van der Waals surface area contributed by atoms with Crippen molar-refractivity contribution < 1.29 is 14.9 Å². The first-order valence-corrected chi connectivity index (χ1v) is 6.71. The molecule has 0 saturated carbocycles. The van der Waals surface area contributed by atoms with Crippen LogP contribution in [-0.2, 0) is 4.74 Å². The zero-order chi connectivity index (χ0) is 13.4. The van der Waals surface area contributed by atoms with Gasteiger partial charge in [0.25, 0.3) is 5.56 Å². The Kier molecular flexibility index (Phi) is 4.11. The van der Waals surface area contributed by atoms with E-state index in [0.717, 1.165) is 4.57 Å². The van der Waals surface area contributed by atoms with E-state index < -0.39 is 39.2 Å². The number of nitrogens with one attached hydrogen (secondary N) is 1. The molecule has 100 valence electrons. The molecular weight excluding hydrogens is 378 g/mol. The summed E-state index contributed by atoms with van der Waals surface area (Å²) in [5.74, 6) is 0. The van der Waals surface area contributed by atoms with Crippen molar-refractivity contribution in [1.82, 2.24) is 9.55 Å². The van der Waals surface area contributed by atoms with Gasteiger partial charge in [0, 0.05) is 12.3 Å². The van der Waals surface area contributed by atoms with E-state index in [4.69, 9.17) is 16.3 Å². The number of ether oxygens (including phenoxy) is 1. The topological polar surface area (TPSA) is 105 Å². The molecule has 2 rings (SSSR count). The average Bonchev–Trinajstić information content (AvgIpc) is 2.57. The highest BCUT2D eigenvalue weighted by Gasteiger charge is 2.46. The predicted molar refractivity (Wildman–Crippen MR) is 70.9 cm³/mol. The van der Waals surface area contributed by atoms with Crippen LogP contribution in [0.25, 0.3) is 0 Å². The molecule has 0 spiro atoms. The quantitative estimate of drug-likeness (QED) is 0.452. The second-order valence-electron chi connectivity index (χ2n) is 3.82. The zero-order valence-electron chi connectivity index (χ0n) is 8.86. The van der Waals surface area contributed by atoms with Gasteiger partial charge in [-0.1, -0.05) is 34.2 Å². The van der Waals surface area contributed by atoms with Crippen LogP contribution in [0, 0.1) is 0 Å². The summed E-state index contributed by atoms with van der Waals surface area (Å²) in [5.41, 5.74) is -2.54. The van der Waals surface area contributed by atoms with Gasteiger partial charge in [0.1, 0.15) is 12.2 Å².